The number of halogens is 3. The fourth-order valence-electron chi connectivity index (χ4n) is 6.87. The van der Waals surface area contributed by atoms with Crippen LogP contribution in [0.25, 0.3) is 72.6 Å². The van der Waals surface area contributed by atoms with Gasteiger partial charge in [0.1, 0.15) is 17.5 Å². The van der Waals surface area contributed by atoms with Crippen LogP contribution in [-0.4, -0.2) is 27.6 Å². The first-order chi connectivity index (χ1) is 26.5. The zero-order valence-corrected chi connectivity index (χ0v) is 34.6. The van der Waals surface area contributed by atoms with E-state index in [0.29, 0.717) is 45.6 Å². The predicted octanol–water partition coefficient (Wildman–Crippen LogP) is 11.6. The van der Waals surface area contributed by atoms with E-state index < -0.39 is 25.5 Å². The Labute approximate surface area is 337 Å². The molecule has 56 heavy (non-hydrogen) atoms. The summed E-state index contributed by atoms with van der Waals surface area (Å²) < 4.78 is 50.9. The van der Waals surface area contributed by atoms with Crippen LogP contribution in [0.1, 0.15) is 11.1 Å². The van der Waals surface area contributed by atoms with Crippen LogP contribution in [0.15, 0.2) is 126 Å². The van der Waals surface area contributed by atoms with E-state index in [4.69, 9.17) is 9.40 Å². The number of imidazole rings is 1. The van der Waals surface area contributed by atoms with Gasteiger partial charge in [0.15, 0.2) is 0 Å². The summed E-state index contributed by atoms with van der Waals surface area (Å²) in [6, 6.07) is 39.3. The largest absolute Gasteiger partial charge is 0.486 e. The maximum Gasteiger partial charge on any atom is 0.216 e. The molecule has 9 rings (SSSR count). The van der Waals surface area contributed by atoms with Gasteiger partial charge < -0.3 is 14.0 Å². The third-order valence-corrected chi connectivity index (χ3v) is 11.7. The van der Waals surface area contributed by atoms with Crippen LogP contribution >= 0.6 is 0 Å². The second-order valence-electron chi connectivity index (χ2n) is 14.5. The Morgan fingerprint density at radius 3 is 2.12 bits per heavy atom. The minimum Gasteiger partial charge on any atom is -0.486 e. The van der Waals surface area contributed by atoms with Crippen LogP contribution in [0.2, 0.25) is 19.6 Å². The first-order valence-corrected chi connectivity index (χ1v) is 21.3. The molecule has 0 saturated heterocycles. The minimum absolute atomic E-state index is 0. The van der Waals surface area contributed by atoms with Gasteiger partial charge in [0.25, 0.3) is 0 Å². The van der Waals surface area contributed by atoms with Crippen LogP contribution in [-0.2, 0) is 20.1 Å². The number of nitrogens with zero attached hydrogens (tertiary/aromatic N) is 4. The Morgan fingerprint density at radius 2 is 1.45 bits per heavy atom. The molecule has 10 heteroatoms. The van der Waals surface area contributed by atoms with E-state index in [9.17, 15) is 13.2 Å². The molecule has 0 aliphatic heterocycles. The Balaban J connectivity index is 0.000000238. The van der Waals surface area contributed by atoms with Crippen molar-refractivity contribution in [3.63, 3.8) is 0 Å². The smallest absolute Gasteiger partial charge is 0.216 e. The van der Waals surface area contributed by atoms with Gasteiger partial charge in [0, 0.05) is 61.3 Å². The van der Waals surface area contributed by atoms with Crippen molar-refractivity contribution in [3.05, 3.63) is 162 Å². The molecule has 0 amide bonds. The topological polar surface area (TPSA) is 56.7 Å². The monoisotopic (exact) mass is 937 g/mol. The number of fused-ring (bicyclic) bond motifs is 4. The van der Waals surface area contributed by atoms with E-state index in [1.165, 1.54) is 11.4 Å². The van der Waals surface area contributed by atoms with Crippen LogP contribution in [0.3, 0.4) is 0 Å². The summed E-state index contributed by atoms with van der Waals surface area (Å²) in [7, 11) is -1.23. The van der Waals surface area contributed by atoms with E-state index >= 15 is 0 Å². The predicted molar refractivity (Wildman–Crippen MR) is 217 cm³/mol. The SMILES string of the molecule is C[Si](C)(C)c1ccc(-c2[c-]cccc2)nc1.Cc1cccc(C)c1-n1c(-c2[c-]ccc3c2oc2ncc(-c4c(F)cc(F)cc4F)cc23)nc2ccccc21.[Ir]. The maximum atomic E-state index is 14.5. The van der Waals surface area contributed by atoms with Crippen LogP contribution in [0, 0.1) is 43.4 Å². The van der Waals surface area contributed by atoms with Gasteiger partial charge in [-0.1, -0.05) is 73.1 Å². The van der Waals surface area contributed by atoms with Crippen molar-refractivity contribution in [2.24, 2.45) is 0 Å². The Hall–Kier alpha value is -5.67. The standard InChI is InChI=1S/C32H19F3N3O.C14H16NSi.Ir/c1-17-7-5-8-18(2)29(17)38-27-12-4-3-11-26(27)37-31(38)22-10-6-9-21-23-13-19(16-36-32(23)39-30(21)22)28-24(34)14-20(33)15-25(28)35;1-16(2,3)13-9-10-14(15-11-13)12-7-5-4-6-8-12;/h3-9,11-16H,1-2H3;4-7,9-11H,1-3H3;/q2*-1;. The fourth-order valence-corrected chi connectivity index (χ4v) is 7.91. The Morgan fingerprint density at radius 1 is 0.714 bits per heavy atom. The Kier molecular flexibility index (Phi) is 10.7. The summed E-state index contributed by atoms with van der Waals surface area (Å²) in [5.74, 6) is -2.34. The molecule has 4 aromatic heterocycles. The fraction of sp³-hybridized carbons (Fsp3) is 0.109. The molecule has 0 aliphatic rings. The molecule has 9 aromatic rings. The molecule has 0 bridgehead atoms. The average molecular weight is 937 g/mol. The van der Waals surface area contributed by atoms with Gasteiger partial charge >= 0.3 is 0 Å². The second-order valence-corrected chi connectivity index (χ2v) is 19.6. The van der Waals surface area contributed by atoms with Crippen molar-refractivity contribution in [1.29, 1.82) is 0 Å². The maximum absolute atomic E-state index is 14.5. The molecule has 281 valence electrons. The zero-order chi connectivity index (χ0) is 38.4. The number of aromatic nitrogens is 4. The number of hydrogen-bond acceptors (Lipinski definition) is 4. The molecule has 0 unspecified atom stereocenters. The summed E-state index contributed by atoms with van der Waals surface area (Å²) >= 11 is 0. The number of hydrogen-bond donors (Lipinski definition) is 0. The van der Waals surface area contributed by atoms with E-state index in [-0.39, 0.29) is 31.2 Å². The molecule has 4 heterocycles. The van der Waals surface area contributed by atoms with Crippen LogP contribution < -0.4 is 5.19 Å². The summed E-state index contributed by atoms with van der Waals surface area (Å²) in [6.45, 7) is 11.1. The van der Waals surface area contributed by atoms with Crippen molar-refractivity contribution >= 4 is 46.4 Å². The molecule has 5 nitrogen and oxygen atoms in total. The van der Waals surface area contributed by atoms with Gasteiger partial charge in [-0.05, 0) is 54.1 Å². The average Bonchev–Trinajstić information content (AvgIpc) is 3.73. The molecule has 0 fully saturated rings. The van der Waals surface area contributed by atoms with Gasteiger partial charge in [-0.3, -0.25) is 4.98 Å². The zero-order valence-electron chi connectivity index (χ0n) is 31.2. The molecule has 0 atom stereocenters. The minimum atomic E-state index is -1.23. The van der Waals surface area contributed by atoms with E-state index in [1.54, 1.807) is 12.1 Å². The van der Waals surface area contributed by atoms with E-state index in [1.807, 2.05) is 66.9 Å². The number of furan rings is 1. The summed E-state index contributed by atoms with van der Waals surface area (Å²) in [5.41, 5.74) is 8.28. The number of benzene rings is 5. The van der Waals surface area contributed by atoms with Gasteiger partial charge in [-0.25, -0.2) is 18.2 Å². The quantitative estimate of drug-likeness (QED) is 0.127. The summed E-state index contributed by atoms with van der Waals surface area (Å²) in [5, 5.41) is 2.65. The van der Waals surface area contributed by atoms with Gasteiger partial charge in [-0.15, -0.1) is 54.1 Å². The summed E-state index contributed by atoms with van der Waals surface area (Å²) in [4.78, 5) is 13.8. The van der Waals surface area contributed by atoms with Gasteiger partial charge in [0.05, 0.1) is 36.1 Å². The van der Waals surface area contributed by atoms with Crippen molar-refractivity contribution in [2.45, 2.75) is 33.5 Å². The number of para-hydroxylation sites is 3. The number of aryl methyl sites for hydroxylation is 2. The molecule has 1 radical (unpaired) electrons. The van der Waals surface area contributed by atoms with E-state index in [2.05, 4.69) is 84.4 Å². The molecule has 0 saturated carbocycles. The van der Waals surface area contributed by atoms with Crippen LogP contribution in [0.4, 0.5) is 13.2 Å². The van der Waals surface area contributed by atoms with Crippen LogP contribution in [0.5, 0.6) is 0 Å². The first kappa shape index (κ1) is 38.6. The second kappa shape index (κ2) is 15.5. The van der Waals surface area contributed by atoms with Crippen molar-refractivity contribution in [1.82, 2.24) is 19.5 Å². The third-order valence-electron chi connectivity index (χ3n) is 9.65. The normalized spacial score (nSPS) is 11.4. The third kappa shape index (κ3) is 7.23. The molecule has 0 spiro atoms. The number of pyridine rings is 2. The molecule has 0 aliphatic carbocycles. The Bertz CT molecular complexity index is 2820. The van der Waals surface area contributed by atoms with Gasteiger partial charge in [-0.2, -0.15) is 0 Å². The molecule has 0 N–H and O–H groups in total. The van der Waals surface area contributed by atoms with Crippen molar-refractivity contribution < 1.29 is 37.7 Å². The van der Waals surface area contributed by atoms with Crippen molar-refractivity contribution in [2.75, 3.05) is 0 Å². The van der Waals surface area contributed by atoms with E-state index in [0.717, 1.165) is 39.1 Å². The molecular weight excluding hydrogens is 902 g/mol. The van der Waals surface area contributed by atoms with Crippen molar-refractivity contribution in [3.8, 4) is 39.5 Å². The summed E-state index contributed by atoms with van der Waals surface area (Å²) in [6.07, 6.45) is 3.34. The molecular formula is C46H35F3IrN4OSi-2. The molecule has 5 aromatic carbocycles. The first-order valence-electron chi connectivity index (χ1n) is 17.8. The van der Waals surface area contributed by atoms with Gasteiger partial charge in [0.2, 0.25) is 5.71 Å². The number of rotatable bonds is 5.